The van der Waals surface area contributed by atoms with Crippen LogP contribution in [0.25, 0.3) is 0 Å². The number of carbonyl (C=O) groups is 2. The number of hydrogen-bond donors (Lipinski definition) is 0. The zero-order valence-electron chi connectivity index (χ0n) is 21.0. The molecule has 0 spiro atoms. The van der Waals surface area contributed by atoms with Gasteiger partial charge in [-0.05, 0) is 76.5 Å². The standard InChI is InChI=1S/C26H41NO5/c1-25(2,3)15-16-12-19(13-16)23-22(17-8-9-17)24(32-27-23)18(10-11-20(28)30-7)14-21(29)31-26(4,5)6/h16-19H,8-15H2,1-7H3/t16-,18-,19+/m0/s1. The van der Waals surface area contributed by atoms with Crippen LogP contribution in [0.5, 0.6) is 0 Å². The molecule has 0 aromatic carbocycles. The van der Waals surface area contributed by atoms with Gasteiger partial charge >= 0.3 is 11.9 Å². The van der Waals surface area contributed by atoms with E-state index in [1.54, 1.807) is 0 Å². The number of nitrogens with zero attached hydrogens (tertiary/aromatic N) is 1. The van der Waals surface area contributed by atoms with Crippen molar-refractivity contribution in [3.63, 3.8) is 0 Å². The molecule has 0 aliphatic heterocycles. The van der Waals surface area contributed by atoms with Crippen LogP contribution in [0, 0.1) is 11.3 Å². The third-order valence-electron chi connectivity index (χ3n) is 6.42. The van der Waals surface area contributed by atoms with Gasteiger partial charge in [-0.1, -0.05) is 25.9 Å². The van der Waals surface area contributed by atoms with E-state index in [2.05, 4.69) is 25.9 Å². The van der Waals surface area contributed by atoms with E-state index < -0.39 is 5.60 Å². The van der Waals surface area contributed by atoms with E-state index in [0.717, 1.165) is 43.1 Å². The molecule has 180 valence electrons. The summed E-state index contributed by atoms with van der Waals surface area (Å²) in [7, 11) is 1.39. The summed E-state index contributed by atoms with van der Waals surface area (Å²) < 4.78 is 16.3. The van der Waals surface area contributed by atoms with Gasteiger partial charge in [0.15, 0.2) is 0 Å². The Hall–Kier alpha value is -1.85. The van der Waals surface area contributed by atoms with E-state index in [1.807, 2.05) is 20.8 Å². The number of rotatable bonds is 9. The van der Waals surface area contributed by atoms with Crippen molar-refractivity contribution < 1.29 is 23.6 Å². The summed E-state index contributed by atoms with van der Waals surface area (Å²) in [6.07, 6.45) is 6.71. The molecule has 0 saturated heterocycles. The van der Waals surface area contributed by atoms with Crippen molar-refractivity contribution in [2.75, 3.05) is 7.11 Å². The van der Waals surface area contributed by atoms with Gasteiger partial charge in [-0.25, -0.2) is 0 Å². The molecule has 0 N–H and O–H groups in total. The Kier molecular flexibility index (Phi) is 7.41. The highest BCUT2D eigenvalue weighted by Crippen LogP contribution is 2.53. The van der Waals surface area contributed by atoms with Crippen LogP contribution in [0.4, 0.5) is 0 Å². The molecule has 0 bridgehead atoms. The molecular formula is C26H41NO5. The lowest BCUT2D eigenvalue weighted by molar-refractivity contribution is -0.155. The molecule has 0 amide bonds. The minimum Gasteiger partial charge on any atom is -0.469 e. The Morgan fingerprint density at radius 3 is 2.25 bits per heavy atom. The van der Waals surface area contributed by atoms with Crippen LogP contribution in [0.3, 0.4) is 0 Å². The van der Waals surface area contributed by atoms with E-state index in [4.69, 9.17) is 14.0 Å². The Morgan fingerprint density at radius 2 is 1.72 bits per heavy atom. The number of esters is 2. The summed E-state index contributed by atoms with van der Waals surface area (Å²) in [6, 6.07) is 0. The second-order valence-corrected chi connectivity index (χ2v) is 12.0. The summed E-state index contributed by atoms with van der Waals surface area (Å²) in [5.41, 5.74) is 2.10. The first-order chi connectivity index (χ1) is 14.9. The Balaban J connectivity index is 1.78. The van der Waals surface area contributed by atoms with Crippen molar-refractivity contribution in [3.8, 4) is 0 Å². The zero-order valence-corrected chi connectivity index (χ0v) is 21.0. The molecule has 2 saturated carbocycles. The maximum Gasteiger partial charge on any atom is 0.307 e. The lowest BCUT2D eigenvalue weighted by atomic mass is 9.66. The van der Waals surface area contributed by atoms with E-state index >= 15 is 0 Å². The van der Waals surface area contributed by atoms with Crippen molar-refractivity contribution in [1.82, 2.24) is 5.16 Å². The topological polar surface area (TPSA) is 78.6 Å². The third-order valence-corrected chi connectivity index (χ3v) is 6.42. The fraction of sp³-hybridized carbons (Fsp3) is 0.808. The van der Waals surface area contributed by atoms with E-state index in [-0.39, 0.29) is 30.7 Å². The van der Waals surface area contributed by atoms with Crippen LogP contribution in [0.15, 0.2) is 4.52 Å². The fourth-order valence-corrected chi connectivity index (χ4v) is 4.99. The van der Waals surface area contributed by atoms with E-state index in [9.17, 15) is 9.59 Å². The molecule has 0 radical (unpaired) electrons. The first kappa shape index (κ1) is 24.8. The number of carbonyl (C=O) groups excluding carboxylic acids is 2. The van der Waals surface area contributed by atoms with Gasteiger partial charge < -0.3 is 14.0 Å². The molecule has 6 nitrogen and oxygen atoms in total. The summed E-state index contributed by atoms with van der Waals surface area (Å²) >= 11 is 0. The maximum atomic E-state index is 12.6. The fourth-order valence-electron chi connectivity index (χ4n) is 4.99. The summed E-state index contributed by atoms with van der Waals surface area (Å²) in [4.78, 5) is 24.5. The van der Waals surface area contributed by atoms with Crippen LogP contribution in [-0.2, 0) is 19.1 Å². The van der Waals surface area contributed by atoms with Crippen LogP contribution in [0.1, 0.15) is 128 Å². The monoisotopic (exact) mass is 447 g/mol. The van der Waals surface area contributed by atoms with E-state index in [0.29, 0.717) is 23.7 Å². The smallest absolute Gasteiger partial charge is 0.307 e. The summed E-state index contributed by atoms with van der Waals surface area (Å²) in [6.45, 7) is 12.5. The van der Waals surface area contributed by atoms with Gasteiger partial charge in [-0.2, -0.15) is 0 Å². The van der Waals surface area contributed by atoms with Crippen LogP contribution < -0.4 is 0 Å². The summed E-state index contributed by atoms with van der Waals surface area (Å²) in [5, 5.41) is 4.54. The number of aromatic nitrogens is 1. The van der Waals surface area contributed by atoms with Crippen molar-refractivity contribution in [1.29, 1.82) is 0 Å². The first-order valence-corrected chi connectivity index (χ1v) is 12.1. The largest absolute Gasteiger partial charge is 0.469 e. The molecular weight excluding hydrogens is 406 g/mol. The third kappa shape index (κ3) is 6.82. The Morgan fingerprint density at radius 1 is 1.06 bits per heavy atom. The highest BCUT2D eigenvalue weighted by atomic mass is 16.6. The number of hydrogen-bond acceptors (Lipinski definition) is 6. The highest BCUT2D eigenvalue weighted by Gasteiger charge is 2.42. The number of ether oxygens (including phenoxy) is 2. The van der Waals surface area contributed by atoms with Gasteiger partial charge in [0.1, 0.15) is 11.4 Å². The minimum atomic E-state index is -0.552. The normalized spacial score (nSPS) is 22.2. The van der Waals surface area contributed by atoms with Gasteiger partial charge in [0, 0.05) is 23.8 Å². The van der Waals surface area contributed by atoms with Gasteiger partial charge in [-0.3, -0.25) is 9.59 Å². The molecule has 1 aromatic rings. The lowest BCUT2D eigenvalue weighted by Crippen LogP contribution is -2.27. The zero-order chi connectivity index (χ0) is 23.7. The molecule has 32 heavy (non-hydrogen) atoms. The SMILES string of the molecule is COC(=O)CC[C@@H](CC(=O)OC(C)(C)C)c1onc([C@H]2C[C@@H](CC(C)(C)C)C2)c1C1CC1. The first-order valence-electron chi connectivity index (χ1n) is 12.1. The molecule has 2 aliphatic carbocycles. The van der Waals surface area contributed by atoms with Gasteiger partial charge in [0.25, 0.3) is 0 Å². The quantitative estimate of drug-likeness (QED) is 0.416. The van der Waals surface area contributed by atoms with Crippen LogP contribution >= 0.6 is 0 Å². The van der Waals surface area contributed by atoms with Crippen molar-refractivity contribution in [2.24, 2.45) is 11.3 Å². The molecule has 3 rings (SSSR count). The van der Waals surface area contributed by atoms with Gasteiger partial charge in [0.05, 0.1) is 19.2 Å². The molecule has 1 atom stereocenters. The van der Waals surface area contributed by atoms with Gasteiger partial charge in [0.2, 0.25) is 0 Å². The average Bonchev–Trinajstić information content (AvgIpc) is 3.37. The molecule has 2 aliphatic rings. The second kappa shape index (κ2) is 9.56. The molecule has 1 heterocycles. The van der Waals surface area contributed by atoms with Gasteiger partial charge in [-0.15, -0.1) is 0 Å². The average molecular weight is 448 g/mol. The Bertz CT molecular complexity index is 803. The molecule has 2 fully saturated rings. The Labute approximate surface area is 192 Å². The second-order valence-electron chi connectivity index (χ2n) is 12.0. The molecule has 0 unspecified atom stereocenters. The molecule has 1 aromatic heterocycles. The van der Waals surface area contributed by atoms with Crippen molar-refractivity contribution in [2.45, 2.75) is 116 Å². The van der Waals surface area contributed by atoms with E-state index in [1.165, 1.54) is 19.1 Å². The van der Waals surface area contributed by atoms with Crippen LogP contribution in [0.2, 0.25) is 0 Å². The minimum absolute atomic E-state index is 0.180. The van der Waals surface area contributed by atoms with Crippen LogP contribution in [-0.4, -0.2) is 29.8 Å². The lowest BCUT2D eigenvalue weighted by Gasteiger charge is -2.38. The maximum absolute atomic E-state index is 12.6. The predicted octanol–water partition coefficient (Wildman–Crippen LogP) is 6.25. The predicted molar refractivity (Wildman–Crippen MR) is 122 cm³/mol. The van der Waals surface area contributed by atoms with Crippen molar-refractivity contribution in [3.05, 3.63) is 17.0 Å². The van der Waals surface area contributed by atoms with Crippen molar-refractivity contribution >= 4 is 11.9 Å². The summed E-state index contributed by atoms with van der Waals surface area (Å²) in [5.74, 6) is 1.65. The highest BCUT2D eigenvalue weighted by molar-refractivity contribution is 5.72. The number of methoxy groups -OCH3 is 1. The molecule has 6 heteroatoms.